The number of piperazine rings is 1. The number of aromatic nitrogens is 3. The first-order chi connectivity index (χ1) is 10.3. The first kappa shape index (κ1) is 12.8. The van der Waals surface area contributed by atoms with Crippen LogP contribution < -0.4 is 10.2 Å². The average molecular weight is 283 g/mol. The van der Waals surface area contributed by atoms with Crippen LogP contribution in [0.5, 0.6) is 0 Å². The summed E-state index contributed by atoms with van der Waals surface area (Å²) >= 11 is 0. The summed E-state index contributed by atoms with van der Waals surface area (Å²) in [6.45, 7) is 5.14. The van der Waals surface area contributed by atoms with Gasteiger partial charge in [-0.25, -0.2) is 0 Å². The summed E-state index contributed by atoms with van der Waals surface area (Å²) in [5.74, 6) is 1.87. The molecule has 21 heavy (non-hydrogen) atoms. The van der Waals surface area contributed by atoms with Crippen LogP contribution in [0.4, 0.5) is 5.95 Å². The lowest BCUT2D eigenvalue weighted by atomic mass is 9.95. The zero-order chi connectivity index (χ0) is 14.3. The second-order valence-corrected chi connectivity index (χ2v) is 6.23. The van der Waals surface area contributed by atoms with Crippen LogP contribution in [0.15, 0.2) is 30.3 Å². The molecular formula is C16H21N5. The van der Waals surface area contributed by atoms with Crippen LogP contribution >= 0.6 is 0 Å². The maximum atomic E-state index is 4.81. The topological polar surface area (TPSA) is 56.8 Å². The summed E-state index contributed by atoms with van der Waals surface area (Å²) in [6, 6.07) is 11.2. The molecule has 4 rings (SSSR count). The number of aromatic amines is 1. The Hall–Kier alpha value is -1.88. The summed E-state index contributed by atoms with van der Waals surface area (Å²) < 4.78 is 0. The van der Waals surface area contributed by atoms with Gasteiger partial charge in [0, 0.05) is 25.7 Å². The monoisotopic (exact) mass is 283 g/mol. The lowest BCUT2D eigenvalue weighted by Crippen LogP contribution is -2.49. The lowest BCUT2D eigenvalue weighted by molar-refractivity contribution is 0.479. The van der Waals surface area contributed by atoms with Gasteiger partial charge in [-0.15, -0.1) is 5.10 Å². The van der Waals surface area contributed by atoms with Crippen molar-refractivity contribution in [3.8, 4) is 0 Å². The number of anilines is 1. The molecule has 1 aromatic heterocycles. The molecule has 1 aromatic carbocycles. The lowest BCUT2D eigenvalue weighted by Gasteiger charge is -2.30. The molecular weight excluding hydrogens is 262 g/mol. The SMILES string of the molecule is CC1CN(c2n[nH]c(C3(c4ccccc4)CC3)n2)CCN1. The number of rotatable bonds is 3. The molecule has 1 saturated carbocycles. The predicted octanol–water partition coefficient (Wildman–Crippen LogP) is 1.68. The van der Waals surface area contributed by atoms with E-state index >= 15 is 0 Å². The Morgan fingerprint density at radius 2 is 2.05 bits per heavy atom. The van der Waals surface area contributed by atoms with Crippen LogP contribution in [0.1, 0.15) is 31.2 Å². The molecule has 2 heterocycles. The summed E-state index contributed by atoms with van der Waals surface area (Å²) in [5, 5.41) is 11.1. The van der Waals surface area contributed by atoms with Crippen molar-refractivity contribution in [1.29, 1.82) is 0 Å². The Labute approximate surface area is 124 Å². The largest absolute Gasteiger partial charge is 0.337 e. The molecule has 2 fully saturated rings. The highest BCUT2D eigenvalue weighted by molar-refractivity contribution is 5.41. The van der Waals surface area contributed by atoms with Gasteiger partial charge in [0.15, 0.2) is 0 Å². The van der Waals surface area contributed by atoms with Crippen molar-refractivity contribution in [2.45, 2.75) is 31.2 Å². The Balaban J connectivity index is 1.60. The van der Waals surface area contributed by atoms with Crippen LogP contribution in [0.25, 0.3) is 0 Å². The Kier molecular flexibility index (Phi) is 2.96. The van der Waals surface area contributed by atoms with Crippen LogP contribution in [0.3, 0.4) is 0 Å². The quantitative estimate of drug-likeness (QED) is 0.900. The van der Waals surface area contributed by atoms with Crippen LogP contribution in [-0.4, -0.2) is 40.9 Å². The van der Waals surface area contributed by atoms with Gasteiger partial charge in [0.25, 0.3) is 0 Å². The fraction of sp³-hybridized carbons (Fsp3) is 0.500. The molecule has 5 heteroatoms. The first-order valence-corrected chi connectivity index (χ1v) is 7.75. The Morgan fingerprint density at radius 1 is 1.24 bits per heavy atom. The van der Waals surface area contributed by atoms with E-state index in [2.05, 4.69) is 57.7 Å². The summed E-state index contributed by atoms with van der Waals surface area (Å²) in [7, 11) is 0. The van der Waals surface area contributed by atoms with E-state index in [4.69, 9.17) is 4.98 Å². The van der Waals surface area contributed by atoms with Crippen molar-refractivity contribution in [2.24, 2.45) is 0 Å². The number of hydrogen-bond acceptors (Lipinski definition) is 4. The fourth-order valence-electron chi connectivity index (χ4n) is 3.27. The second kappa shape index (κ2) is 4.84. The van der Waals surface area contributed by atoms with Gasteiger partial charge < -0.3 is 10.2 Å². The van der Waals surface area contributed by atoms with Crippen molar-refractivity contribution < 1.29 is 0 Å². The fourth-order valence-corrected chi connectivity index (χ4v) is 3.27. The van der Waals surface area contributed by atoms with Gasteiger partial charge >= 0.3 is 0 Å². The third-order valence-corrected chi connectivity index (χ3v) is 4.65. The van der Waals surface area contributed by atoms with E-state index < -0.39 is 0 Å². The van der Waals surface area contributed by atoms with E-state index in [0.29, 0.717) is 6.04 Å². The normalized spacial score (nSPS) is 24.0. The molecule has 0 spiro atoms. The van der Waals surface area contributed by atoms with E-state index in [9.17, 15) is 0 Å². The molecule has 0 amide bonds. The number of benzene rings is 1. The number of H-pyrrole nitrogens is 1. The highest BCUT2D eigenvalue weighted by Gasteiger charge is 2.49. The first-order valence-electron chi connectivity index (χ1n) is 7.75. The van der Waals surface area contributed by atoms with Crippen molar-refractivity contribution >= 4 is 5.95 Å². The van der Waals surface area contributed by atoms with E-state index in [1.807, 2.05) is 0 Å². The van der Waals surface area contributed by atoms with Gasteiger partial charge in [0.1, 0.15) is 5.82 Å². The van der Waals surface area contributed by atoms with Crippen molar-refractivity contribution in [3.05, 3.63) is 41.7 Å². The molecule has 5 nitrogen and oxygen atoms in total. The van der Waals surface area contributed by atoms with E-state index in [0.717, 1.165) is 44.2 Å². The summed E-state index contributed by atoms with van der Waals surface area (Å²) in [4.78, 5) is 7.08. The molecule has 1 atom stereocenters. The molecule has 1 saturated heterocycles. The van der Waals surface area contributed by atoms with Gasteiger partial charge in [-0.05, 0) is 25.3 Å². The molecule has 2 aromatic rings. The minimum Gasteiger partial charge on any atom is -0.337 e. The third kappa shape index (κ3) is 2.21. The summed E-state index contributed by atoms with van der Waals surface area (Å²) in [5.41, 5.74) is 1.42. The molecule has 0 bridgehead atoms. The minimum absolute atomic E-state index is 0.0756. The molecule has 1 unspecified atom stereocenters. The number of nitrogens with zero attached hydrogens (tertiary/aromatic N) is 3. The van der Waals surface area contributed by atoms with Gasteiger partial charge in [-0.1, -0.05) is 30.3 Å². The average Bonchev–Trinajstić information content (AvgIpc) is 3.18. The molecule has 1 aliphatic carbocycles. The van der Waals surface area contributed by atoms with Crippen molar-refractivity contribution in [2.75, 3.05) is 24.5 Å². The van der Waals surface area contributed by atoms with E-state index in [-0.39, 0.29) is 5.41 Å². The zero-order valence-electron chi connectivity index (χ0n) is 12.3. The van der Waals surface area contributed by atoms with Gasteiger partial charge in [-0.2, -0.15) is 4.98 Å². The number of nitrogens with one attached hydrogen (secondary N) is 2. The summed E-state index contributed by atoms with van der Waals surface area (Å²) in [6.07, 6.45) is 2.31. The van der Waals surface area contributed by atoms with Gasteiger partial charge in [-0.3, -0.25) is 5.10 Å². The maximum Gasteiger partial charge on any atom is 0.244 e. The smallest absolute Gasteiger partial charge is 0.244 e. The Bertz CT molecular complexity index is 617. The van der Waals surface area contributed by atoms with Crippen molar-refractivity contribution in [1.82, 2.24) is 20.5 Å². The van der Waals surface area contributed by atoms with Crippen LogP contribution in [-0.2, 0) is 5.41 Å². The zero-order valence-corrected chi connectivity index (χ0v) is 12.3. The van der Waals surface area contributed by atoms with Crippen LogP contribution in [0.2, 0.25) is 0 Å². The highest BCUT2D eigenvalue weighted by atomic mass is 15.4. The maximum absolute atomic E-state index is 4.81. The van der Waals surface area contributed by atoms with Crippen molar-refractivity contribution in [3.63, 3.8) is 0 Å². The molecule has 110 valence electrons. The Morgan fingerprint density at radius 3 is 2.76 bits per heavy atom. The van der Waals surface area contributed by atoms with E-state index in [1.165, 1.54) is 5.56 Å². The molecule has 2 N–H and O–H groups in total. The predicted molar refractivity (Wildman–Crippen MR) is 82.5 cm³/mol. The molecule has 0 radical (unpaired) electrons. The van der Waals surface area contributed by atoms with Crippen LogP contribution in [0, 0.1) is 0 Å². The minimum atomic E-state index is 0.0756. The van der Waals surface area contributed by atoms with E-state index in [1.54, 1.807) is 0 Å². The standard InChI is InChI=1S/C16H21N5/c1-12-11-21(10-9-17-12)15-18-14(19-20-15)16(7-8-16)13-5-3-2-4-6-13/h2-6,12,17H,7-11H2,1H3,(H,18,19,20). The number of hydrogen-bond donors (Lipinski definition) is 2. The van der Waals surface area contributed by atoms with Gasteiger partial charge in [0.2, 0.25) is 5.95 Å². The molecule has 2 aliphatic rings. The second-order valence-electron chi connectivity index (χ2n) is 6.23. The van der Waals surface area contributed by atoms with Gasteiger partial charge in [0.05, 0.1) is 5.41 Å². The highest BCUT2D eigenvalue weighted by Crippen LogP contribution is 2.52. The molecule has 1 aliphatic heterocycles. The third-order valence-electron chi connectivity index (χ3n) is 4.65.